The molecule has 1 spiro atoms. The molecule has 1 heterocycles. The van der Waals surface area contributed by atoms with Gasteiger partial charge in [-0.2, -0.15) is 0 Å². The lowest BCUT2D eigenvalue weighted by Crippen LogP contribution is -2.26. The van der Waals surface area contributed by atoms with E-state index in [1.165, 1.54) is 38.6 Å². The van der Waals surface area contributed by atoms with E-state index < -0.39 is 5.41 Å². The molecule has 0 radical (unpaired) electrons. The maximum absolute atomic E-state index is 16.6. The average molecular weight is 1050 g/mol. The first-order chi connectivity index (χ1) is 40.5. The summed E-state index contributed by atoms with van der Waals surface area (Å²) in [6.45, 7) is 0. The third-order valence-corrected chi connectivity index (χ3v) is 17.1. The summed E-state index contributed by atoms with van der Waals surface area (Å²) in [5.74, 6) is -0.587. The lowest BCUT2D eigenvalue weighted by Gasteiger charge is -2.33. The van der Waals surface area contributed by atoms with Gasteiger partial charge in [0.05, 0.1) is 22.1 Å². The summed E-state index contributed by atoms with van der Waals surface area (Å²) in [6.07, 6.45) is 0. The summed E-state index contributed by atoms with van der Waals surface area (Å²) in [7, 11) is 0. The van der Waals surface area contributed by atoms with E-state index in [-0.39, 0.29) is 11.6 Å². The van der Waals surface area contributed by atoms with Gasteiger partial charge in [-0.3, -0.25) is 0 Å². The van der Waals surface area contributed by atoms with Crippen LogP contribution in [-0.2, 0) is 5.41 Å². The van der Waals surface area contributed by atoms with E-state index in [1.807, 2.05) is 97.1 Å². The minimum absolute atomic E-state index is 0.289. The smallest absolute Gasteiger partial charge is 0.131 e. The first-order valence-electron chi connectivity index (χ1n) is 27.9. The lowest BCUT2D eigenvalue weighted by molar-refractivity contribution is 0.631. The van der Waals surface area contributed by atoms with Crippen molar-refractivity contribution in [1.82, 2.24) is 4.57 Å². The Bertz CT molecular complexity index is 4830. The van der Waals surface area contributed by atoms with E-state index in [0.29, 0.717) is 11.1 Å². The van der Waals surface area contributed by atoms with Crippen molar-refractivity contribution in [3.63, 3.8) is 0 Å². The van der Waals surface area contributed by atoms with Crippen molar-refractivity contribution in [3.05, 3.63) is 331 Å². The van der Waals surface area contributed by atoms with Crippen LogP contribution in [-0.4, -0.2) is 4.57 Å². The fourth-order valence-corrected chi connectivity index (χ4v) is 13.7. The molecular weight excluding hydrogens is 1000 g/mol. The molecule has 0 fully saturated rings. The lowest BCUT2D eigenvalue weighted by atomic mass is 9.69. The number of benzene rings is 13. The number of fused-ring (bicyclic) bond motifs is 16. The maximum atomic E-state index is 16.6. The highest BCUT2D eigenvalue weighted by Crippen LogP contribution is 2.67. The van der Waals surface area contributed by atoms with Gasteiger partial charge in [-0.05, 0) is 163 Å². The first-order valence-corrected chi connectivity index (χ1v) is 27.9. The van der Waals surface area contributed by atoms with Gasteiger partial charge in [0.2, 0.25) is 0 Å². The zero-order chi connectivity index (χ0) is 54.5. The predicted octanol–water partition coefficient (Wildman–Crippen LogP) is 20.8. The van der Waals surface area contributed by atoms with Gasteiger partial charge in [-0.15, -0.1) is 0 Å². The van der Waals surface area contributed by atoms with Crippen molar-refractivity contribution in [3.8, 4) is 50.2 Å². The van der Waals surface area contributed by atoms with Crippen LogP contribution in [0.4, 0.5) is 42.9 Å². The zero-order valence-electron chi connectivity index (χ0n) is 44.4. The number of halogens is 2. The number of nitrogens with zero attached hydrogens (tertiary/aromatic N) is 3. The molecule has 0 N–H and O–H groups in total. The molecular formula is C77H49F2N3. The molecule has 0 saturated carbocycles. The number of aromatic nitrogens is 1. The fourth-order valence-electron chi connectivity index (χ4n) is 13.7. The van der Waals surface area contributed by atoms with E-state index in [1.54, 1.807) is 12.1 Å². The van der Waals surface area contributed by atoms with E-state index in [9.17, 15) is 0 Å². The average Bonchev–Trinajstić information content (AvgIpc) is 1.61. The van der Waals surface area contributed by atoms with Crippen LogP contribution in [0.1, 0.15) is 22.3 Å². The van der Waals surface area contributed by atoms with Gasteiger partial charge in [0, 0.05) is 56.0 Å². The zero-order valence-corrected chi connectivity index (χ0v) is 44.4. The van der Waals surface area contributed by atoms with E-state index >= 15 is 8.78 Å². The molecule has 2 aliphatic rings. The number of rotatable bonds is 9. The van der Waals surface area contributed by atoms with Gasteiger partial charge < -0.3 is 14.4 Å². The highest BCUT2D eigenvalue weighted by Gasteiger charge is 2.54. The van der Waals surface area contributed by atoms with Crippen molar-refractivity contribution in [2.75, 3.05) is 9.80 Å². The Balaban J connectivity index is 1.10. The third kappa shape index (κ3) is 7.06. The molecule has 2 aliphatic carbocycles. The predicted molar refractivity (Wildman–Crippen MR) is 335 cm³/mol. The van der Waals surface area contributed by atoms with Crippen LogP contribution in [0, 0.1) is 11.6 Å². The molecule has 0 amide bonds. The molecule has 3 nitrogen and oxygen atoms in total. The molecule has 1 atom stereocenters. The van der Waals surface area contributed by atoms with Crippen LogP contribution in [0.5, 0.6) is 0 Å². The van der Waals surface area contributed by atoms with E-state index in [4.69, 9.17) is 0 Å². The fraction of sp³-hybridized carbons (Fsp3) is 0.0130. The summed E-state index contributed by atoms with van der Waals surface area (Å²) in [6, 6.07) is 103. The monoisotopic (exact) mass is 1050 g/mol. The molecule has 14 aromatic rings. The minimum atomic E-state index is -0.779. The minimum Gasteiger partial charge on any atom is -0.310 e. The van der Waals surface area contributed by atoms with Crippen LogP contribution >= 0.6 is 0 Å². The first kappa shape index (κ1) is 47.4. The van der Waals surface area contributed by atoms with Gasteiger partial charge >= 0.3 is 0 Å². The second-order valence-corrected chi connectivity index (χ2v) is 21.4. The maximum Gasteiger partial charge on any atom is 0.131 e. The van der Waals surface area contributed by atoms with Gasteiger partial charge in [0.25, 0.3) is 0 Å². The molecule has 1 unspecified atom stereocenters. The largest absolute Gasteiger partial charge is 0.310 e. The Hall–Kier alpha value is -10.6. The normalized spacial score (nSPS) is 13.8. The van der Waals surface area contributed by atoms with Gasteiger partial charge in [-0.1, -0.05) is 200 Å². The van der Waals surface area contributed by atoms with Gasteiger partial charge in [0.15, 0.2) is 0 Å². The van der Waals surface area contributed by atoms with Crippen molar-refractivity contribution in [2.24, 2.45) is 0 Å². The molecule has 13 aromatic carbocycles. The standard InChI is InChI=1S/C77H49F2N3/c78-69-43-39-56(46-63(69)50-22-6-1-7-23-50)80(53-27-10-3-11-28-53)57-41-45-71-65(48-57)74-73-62-35-19-21-37-67(62)77(66-36-20-18-34-60(66)61-42-38-52-26-16-17-33-59(52)75(61)77)68(73)49-72(76(74)82(71)55-31-14-5-15-32-55)81(54-29-12-4-13-30-54)58-40-44-70(79)64(47-58)51-24-8-2-9-25-51/h1-49H. The number of anilines is 6. The highest BCUT2D eigenvalue weighted by atomic mass is 19.1. The Morgan fingerprint density at radius 3 is 1.48 bits per heavy atom. The van der Waals surface area contributed by atoms with E-state index in [2.05, 4.69) is 202 Å². The molecule has 0 bridgehead atoms. The van der Waals surface area contributed by atoms with Crippen molar-refractivity contribution < 1.29 is 8.78 Å². The quantitative estimate of drug-likeness (QED) is 0.143. The Morgan fingerprint density at radius 2 is 0.829 bits per heavy atom. The summed E-state index contributed by atoms with van der Waals surface area (Å²) in [5, 5.41) is 4.49. The summed E-state index contributed by atoms with van der Waals surface area (Å²) in [4.78, 5) is 4.58. The molecule has 1 aromatic heterocycles. The SMILES string of the molecule is Fc1ccc(N(c2ccccc2)c2ccc3c(c2)c2c4c(cc(N(c5ccccc5)c5ccc(F)c(-c6ccccc6)c5)c2n3-c2ccccc2)C2(c3ccccc3-c3ccc5ccccc5c32)c2ccccc2-4)cc1-c1ccccc1. The topological polar surface area (TPSA) is 11.4 Å². The second-order valence-electron chi connectivity index (χ2n) is 21.4. The number of hydrogen-bond donors (Lipinski definition) is 0. The molecule has 5 heteroatoms. The van der Waals surface area contributed by atoms with Crippen LogP contribution in [0.3, 0.4) is 0 Å². The van der Waals surface area contributed by atoms with Crippen molar-refractivity contribution in [2.45, 2.75) is 5.41 Å². The molecule has 82 heavy (non-hydrogen) atoms. The van der Waals surface area contributed by atoms with Crippen LogP contribution < -0.4 is 9.80 Å². The molecule has 0 saturated heterocycles. The van der Waals surface area contributed by atoms with Crippen LogP contribution in [0.25, 0.3) is 82.8 Å². The summed E-state index contributed by atoms with van der Waals surface area (Å²) < 4.78 is 35.2. The summed E-state index contributed by atoms with van der Waals surface area (Å²) >= 11 is 0. The highest BCUT2D eigenvalue weighted by molar-refractivity contribution is 6.24. The Morgan fingerprint density at radius 1 is 0.329 bits per heavy atom. The Labute approximate surface area is 474 Å². The number of para-hydroxylation sites is 3. The number of hydrogen-bond acceptors (Lipinski definition) is 2. The molecule has 0 aliphatic heterocycles. The second kappa shape index (κ2) is 18.8. The van der Waals surface area contributed by atoms with Gasteiger partial charge in [0.1, 0.15) is 11.6 Å². The van der Waals surface area contributed by atoms with Crippen LogP contribution in [0.2, 0.25) is 0 Å². The van der Waals surface area contributed by atoms with Gasteiger partial charge in [-0.25, -0.2) is 8.78 Å². The van der Waals surface area contributed by atoms with Crippen LogP contribution in [0.15, 0.2) is 297 Å². The van der Waals surface area contributed by atoms with Crippen molar-refractivity contribution >= 4 is 66.7 Å². The molecule has 386 valence electrons. The van der Waals surface area contributed by atoms with Crippen molar-refractivity contribution in [1.29, 1.82) is 0 Å². The molecule has 16 rings (SSSR count). The third-order valence-electron chi connectivity index (χ3n) is 17.1. The van der Waals surface area contributed by atoms with E-state index in [0.717, 1.165) is 89.4 Å². The summed E-state index contributed by atoms with van der Waals surface area (Å²) in [5.41, 5.74) is 19.7. The Kier molecular flexibility index (Phi) is 10.8.